The van der Waals surface area contributed by atoms with E-state index >= 15 is 0 Å². The van der Waals surface area contributed by atoms with Gasteiger partial charge in [0.05, 0.1) is 14.2 Å². The minimum Gasteiger partial charge on any atom is -0.497 e. The van der Waals surface area contributed by atoms with Gasteiger partial charge in [-0.05, 0) is 66.7 Å². The van der Waals surface area contributed by atoms with Crippen LogP contribution in [0.1, 0.15) is 0 Å². The van der Waals surface area contributed by atoms with Crippen molar-refractivity contribution in [2.75, 3.05) is 24.9 Å². The molecule has 10 nitrogen and oxygen atoms in total. The number of carbonyl (C=O) groups excluding carboxylic acids is 2. The quantitative estimate of drug-likeness (QED) is 0.402. The van der Waals surface area contributed by atoms with E-state index in [-0.39, 0.29) is 28.3 Å². The van der Waals surface area contributed by atoms with Crippen molar-refractivity contribution in [3.05, 3.63) is 66.7 Å². The summed E-state index contributed by atoms with van der Waals surface area (Å²) in [6.45, 7) is 0. The van der Waals surface area contributed by atoms with Crippen LogP contribution in [0.15, 0.2) is 66.7 Å². The van der Waals surface area contributed by atoms with Crippen molar-refractivity contribution >= 4 is 36.1 Å². The molecule has 0 heterocycles. The molecule has 3 aromatic carbocycles. The number of methoxy groups -OCH3 is 2. The van der Waals surface area contributed by atoms with Gasteiger partial charge in [-0.1, -0.05) is 0 Å². The molecule has 0 atom stereocenters. The standard InChI is InChI=1S/C22H21BN2O8/c1-30-15-4-8-17(9-5-15)32-21(26)24-14-3-12-20(19(13-14)23(28)29)25-22(27)33-18-10-6-16(31-2)7-11-18/h3-13,28-29H,1-2H3,(H,24,26)(H,25,27). The third kappa shape index (κ3) is 6.63. The highest BCUT2D eigenvalue weighted by atomic mass is 16.6. The fraction of sp³-hybridized carbons (Fsp3) is 0.0909. The Hall–Kier alpha value is -4.22. The number of carbonyl (C=O) groups is 2. The molecule has 3 aromatic rings. The highest BCUT2D eigenvalue weighted by Crippen LogP contribution is 2.20. The van der Waals surface area contributed by atoms with E-state index in [4.69, 9.17) is 18.9 Å². The van der Waals surface area contributed by atoms with Crippen LogP contribution in [0.5, 0.6) is 23.0 Å². The number of hydrogen-bond donors (Lipinski definition) is 4. The van der Waals surface area contributed by atoms with Gasteiger partial charge in [0.15, 0.2) is 0 Å². The Labute approximate surface area is 189 Å². The monoisotopic (exact) mass is 452 g/mol. The zero-order valence-corrected chi connectivity index (χ0v) is 17.8. The van der Waals surface area contributed by atoms with Gasteiger partial charge < -0.3 is 29.0 Å². The zero-order valence-electron chi connectivity index (χ0n) is 17.8. The van der Waals surface area contributed by atoms with E-state index in [0.717, 1.165) is 0 Å². The van der Waals surface area contributed by atoms with Crippen molar-refractivity contribution in [2.45, 2.75) is 0 Å². The number of rotatable bonds is 7. The summed E-state index contributed by atoms with van der Waals surface area (Å²) < 4.78 is 20.4. The molecule has 2 amide bonds. The predicted molar refractivity (Wildman–Crippen MR) is 122 cm³/mol. The summed E-state index contributed by atoms with van der Waals surface area (Å²) >= 11 is 0. The summed E-state index contributed by atoms with van der Waals surface area (Å²) in [4.78, 5) is 24.3. The van der Waals surface area contributed by atoms with Crippen molar-refractivity contribution < 1.29 is 38.6 Å². The second-order valence-electron chi connectivity index (χ2n) is 6.56. The van der Waals surface area contributed by atoms with Gasteiger partial charge in [0, 0.05) is 16.8 Å². The molecule has 0 fully saturated rings. The minimum absolute atomic E-state index is 0.0658. The van der Waals surface area contributed by atoms with E-state index in [1.165, 1.54) is 32.4 Å². The van der Waals surface area contributed by atoms with Gasteiger partial charge in [-0.3, -0.25) is 10.6 Å². The number of ether oxygens (including phenoxy) is 4. The summed E-state index contributed by atoms with van der Waals surface area (Å²) in [6.07, 6.45) is -1.64. The Morgan fingerprint density at radius 1 is 0.697 bits per heavy atom. The average molecular weight is 452 g/mol. The molecule has 170 valence electrons. The van der Waals surface area contributed by atoms with E-state index < -0.39 is 19.3 Å². The van der Waals surface area contributed by atoms with Crippen LogP contribution in [0.4, 0.5) is 21.0 Å². The fourth-order valence-corrected chi connectivity index (χ4v) is 2.75. The largest absolute Gasteiger partial charge is 0.497 e. The average Bonchev–Trinajstić information content (AvgIpc) is 2.81. The van der Waals surface area contributed by atoms with E-state index in [1.54, 1.807) is 48.5 Å². The van der Waals surface area contributed by atoms with Crippen LogP contribution in [-0.4, -0.2) is 43.6 Å². The molecule has 11 heteroatoms. The Balaban J connectivity index is 1.64. The third-order valence-electron chi connectivity index (χ3n) is 4.35. The van der Waals surface area contributed by atoms with E-state index in [2.05, 4.69) is 10.6 Å². The third-order valence-corrected chi connectivity index (χ3v) is 4.35. The predicted octanol–water partition coefficient (Wildman–Crippen LogP) is 2.61. The number of benzene rings is 3. The molecular weight excluding hydrogens is 431 g/mol. The number of anilines is 2. The van der Waals surface area contributed by atoms with Gasteiger partial charge in [0.25, 0.3) is 0 Å². The van der Waals surface area contributed by atoms with Crippen LogP contribution < -0.4 is 35.0 Å². The van der Waals surface area contributed by atoms with Gasteiger partial charge in [-0.15, -0.1) is 0 Å². The molecule has 0 radical (unpaired) electrons. The van der Waals surface area contributed by atoms with Crippen molar-refractivity contribution in [1.82, 2.24) is 0 Å². The first-order valence-corrected chi connectivity index (χ1v) is 9.64. The lowest BCUT2D eigenvalue weighted by Crippen LogP contribution is -2.34. The Bertz CT molecular complexity index is 1100. The van der Waals surface area contributed by atoms with Gasteiger partial charge in [0.2, 0.25) is 0 Å². The molecule has 4 N–H and O–H groups in total. The molecule has 0 saturated carbocycles. The minimum atomic E-state index is -1.93. The molecule has 33 heavy (non-hydrogen) atoms. The SMILES string of the molecule is COc1ccc(OC(=O)Nc2ccc(NC(=O)Oc3ccc(OC)cc3)c(B(O)O)c2)cc1. The van der Waals surface area contributed by atoms with Crippen LogP contribution in [-0.2, 0) is 0 Å². The van der Waals surface area contributed by atoms with Crippen LogP contribution in [0, 0.1) is 0 Å². The zero-order chi connectivity index (χ0) is 23.8. The Morgan fingerprint density at radius 2 is 1.15 bits per heavy atom. The van der Waals surface area contributed by atoms with E-state index in [9.17, 15) is 19.6 Å². The van der Waals surface area contributed by atoms with Gasteiger partial charge in [-0.2, -0.15) is 0 Å². The maximum absolute atomic E-state index is 12.2. The molecule has 0 aliphatic heterocycles. The summed E-state index contributed by atoms with van der Waals surface area (Å²) in [5.41, 5.74) is 0.229. The second-order valence-corrected chi connectivity index (χ2v) is 6.56. The number of amides is 2. The summed E-state index contributed by atoms with van der Waals surface area (Å²) in [6, 6.07) is 16.8. The van der Waals surface area contributed by atoms with Gasteiger partial charge >= 0.3 is 19.3 Å². The molecule has 0 aliphatic rings. The second kappa shape index (κ2) is 10.9. The van der Waals surface area contributed by atoms with Gasteiger partial charge in [-0.25, -0.2) is 9.59 Å². The highest BCUT2D eigenvalue weighted by molar-refractivity contribution is 6.61. The molecule has 0 unspecified atom stereocenters. The van der Waals surface area contributed by atoms with Crippen LogP contribution in [0.2, 0.25) is 0 Å². The number of nitrogens with one attached hydrogen (secondary N) is 2. The van der Waals surface area contributed by atoms with E-state index in [1.807, 2.05) is 0 Å². The molecule has 3 rings (SSSR count). The van der Waals surface area contributed by atoms with Crippen LogP contribution in [0.25, 0.3) is 0 Å². The van der Waals surface area contributed by atoms with Crippen LogP contribution in [0.3, 0.4) is 0 Å². The van der Waals surface area contributed by atoms with Crippen molar-refractivity contribution in [3.8, 4) is 23.0 Å². The summed E-state index contributed by atoms with van der Waals surface area (Å²) in [5.74, 6) is 1.76. The first-order valence-electron chi connectivity index (χ1n) is 9.64. The lowest BCUT2D eigenvalue weighted by molar-refractivity contribution is 0.214. The Kier molecular flexibility index (Phi) is 7.74. The molecular formula is C22H21BN2O8. The normalized spacial score (nSPS) is 10.1. The topological polar surface area (TPSA) is 136 Å². The molecule has 0 bridgehead atoms. The van der Waals surface area contributed by atoms with Crippen molar-refractivity contribution in [1.29, 1.82) is 0 Å². The maximum atomic E-state index is 12.2. The summed E-state index contributed by atoms with van der Waals surface area (Å²) in [7, 11) is 1.11. The first-order chi connectivity index (χ1) is 15.9. The van der Waals surface area contributed by atoms with Crippen molar-refractivity contribution in [3.63, 3.8) is 0 Å². The van der Waals surface area contributed by atoms with Crippen LogP contribution >= 0.6 is 0 Å². The lowest BCUT2D eigenvalue weighted by atomic mass is 9.78. The van der Waals surface area contributed by atoms with Crippen molar-refractivity contribution in [2.24, 2.45) is 0 Å². The molecule has 0 aromatic heterocycles. The fourth-order valence-electron chi connectivity index (χ4n) is 2.75. The van der Waals surface area contributed by atoms with Gasteiger partial charge in [0.1, 0.15) is 23.0 Å². The lowest BCUT2D eigenvalue weighted by Gasteiger charge is -2.13. The maximum Gasteiger partial charge on any atom is 0.490 e. The Morgan fingerprint density at radius 3 is 1.61 bits per heavy atom. The smallest absolute Gasteiger partial charge is 0.490 e. The molecule has 0 aliphatic carbocycles. The van der Waals surface area contributed by atoms with E-state index in [0.29, 0.717) is 11.5 Å². The molecule has 0 saturated heterocycles. The first kappa shape index (κ1) is 23.4. The number of hydrogen-bond acceptors (Lipinski definition) is 8. The highest BCUT2D eigenvalue weighted by Gasteiger charge is 2.20. The molecule has 0 spiro atoms. The summed E-state index contributed by atoms with van der Waals surface area (Å²) in [5, 5.41) is 24.3.